The molecule has 0 spiro atoms. The smallest absolute Gasteiger partial charge is 0.273 e. The van der Waals surface area contributed by atoms with E-state index in [1.807, 2.05) is 47.4 Å². The van der Waals surface area contributed by atoms with Crippen molar-refractivity contribution in [3.63, 3.8) is 0 Å². The second-order valence-corrected chi connectivity index (χ2v) is 6.25. The lowest BCUT2D eigenvalue weighted by atomic mass is 9.99. The summed E-state index contributed by atoms with van der Waals surface area (Å²) in [5.41, 5.74) is 3.95. The third kappa shape index (κ3) is 2.54. The van der Waals surface area contributed by atoms with Crippen molar-refractivity contribution in [1.82, 2.24) is 20.1 Å². The highest BCUT2D eigenvalue weighted by Crippen LogP contribution is 2.42. The van der Waals surface area contributed by atoms with E-state index < -0.39 is 0 Å². The van der Waals surface area contributed by atoms with E-state index in [4.69, 9.17) is 4.74 Å². The standard InChI is InChI=1S/C20H20N4O2/c1-3-11-24-19(15-9-4-5-10-21-15)16-17(22-23-18(16)20(24)25)13-7-6-8-14(12-13)26-2/h4-10,12,19H,3,11H2,1-2H3,(H,22,23)/t19-/m0/s1. The van der Waals surface area contributed by atoms with Crippen molar-refractivity contribution in [2.75, 3.05) is 13.7 Å². The van der Waals surface area contributed by atoms with Crippen LogP contribution in [-0.4, -0.2) is 39.6 Å². The van der Waals surface area contributed by atoms with Crippen molar-refractivity contribution < 1.29 is 9.53 Å². The van der Waals surface area contributed by atoms with E-state index in [1.54, 1.807) is 13.3 Å². The molecule has 3 heterocycles. The average molecular weight is 348 g/mol. The second kappa shape index (κ2) is 6.63. The summed E-state index contributed by atoms with van der Waals surface area (Å²) in [6.45, 7) is 2.73. The second-order valence-electron chi connectivity index (χ2n) is 6.25. The molecule has 6 nitrogen and oxygen atoms in total. The Hall–Kier alpha value is -3.15. The molecule has 0 aliphatic carbocycles. The molecule has 4 rings (SSSR count). The van der Waals surface area contributed by atoms with Gasteiger partial charge in [0.15, 0.2) is 0 Å². The van der Waals surface area contributed by atoms with Gasteiger partial charge in [0.25, 0.3) is 5.91 Å². The predicted molar refractivity (Wildman–Crippen MR) is 98.0 cm³/mol. The highest BCUT2D eigenvalue weighted by Gasteiger charge is 2.42. The SMILES string of the molecule is CCCN1C(=O)c2[nH]nc(-c3cccc(OC)c3)c2[C@@H]1c1ccccn1. The van der Waals surface area contributed by atoms with Gasteiger partial charge in [0.05, 0.1) is 18.5 Å². The molecule has 0 saturated carbocycles. The van der Waals surface area contributed by atoms with Gasteiger partial charge < -0.3 is 9.64 Å². The molecule has 1 aromatic carbocycles. The number of hydrogen-bond donors (Lipinski definition) is 1. The molecule has 0 fully saturated rings. The molecule has 3 aromatic rings. The number of hydrogen-bond acceptors (Lipinski definition) is 4. The van der Waals surface area contributed by atoms with Crippen molar-refractivity contribution in [3.8, 4) is 17.0 Å². The van der Waals surface area contributed by atoms with E-state index >= 15 is 0 Å². The van der Waals surface area contributed by atoms with Crippen molar-refractivity contribution in [3.05, 3.63) is 65.6 Å². The van der Waals surface area contributed by atoms with E-state index in [0.717, 1.165) is 34.7 Å². The molecule has 26 heavy (non-hydrogen) atoms. The van der Waals surface area contributed by atoms with Gasteiger partial charge in [-0.1, -0.05) is 25.1 Å². The number of nitrogens with one attached hydrogen (secondary N) is 1. The molecule has 0 radical (unpaired) electrons. The van der Waals surface area contributed by atoms with Crippen LogP contribution in [0.2, 0.25) is 0 Å². The van der Waals surface area contributed by atoms with Gasteiger partial charge in [-0.3, -0.25) is 14.9 Å². The monoisotopic (exact) mass is 348 g/mol. The van der Waals surface area contributed by atoms with Gasteiger partial charge in [0.1, 0.15) is 17.5 Å². The van der Waals surface area contributed by atoms with E-state index in [0.29, 0.717) is 12.2 Å². The van der Waals surface area contributed by atoms with E-state index in [1.165, 1.54) is 0 Å². The number of carbonyl (C=O) groups excluding carboxylic acids is 1. The summed E-state index contributed by atoms with van der Waals surface area (Å²) in [5.74, 6) is 0.725. The number of aromatic amines is 1. The number of benzene rings is 1. The van der Waals surface area contributed by atoms with Gasteiger partial charge in [-0.25, -0.2) is 0 Å². The van der Waals surface area contributed by atoms with Crippen molar-refractivity contribution >= 4 is 5.91 Å². The van der Waals surface area contributed by atoms with Gasteiger partial charge in [0.2, 0.25) is 0 Å². The Labute approximate surface area is 151 Å². The summed E-state index contributed by atoms with van der Waals surface area (Å²) in [6.07, 6.45) is 2.63. The summed E-state index contributed by atoms with van der Waals surface area (Å²) in [5, 5.41) is 7.40. The highest BCUT2D eigenvalue weighted by atomic mass is 16.5. The first-order chi connectivity index (χ1) is 12.7. The molecule has 0 bridgehead atoms. The Morgan fingerprint density at radius 3 is 2.85 bits per heavy atom. The van der Waals surface area contributed by atoms with Crippen LogP contribution < -0.4 is 4.74 Å². The van der Waals surface area contributed by atoms with Crippen LogP contribution in [0.4, 0.5) is 0 Å². The molecule has 0 saturated heterocycles. The topological polar surface area (TPSA) is 71.1 Å². The number of H-pyrrole nitrogens is 1. The van der Waals surface area contributed by atoms with Crippen molar-refractivity contribution in [1.29, 1.82) is 0 Å². The lowest BCUT2D eigenvalue weighted by molar-refractivity contribution is 0.0741. The predicted octanol–water partition coefficient (Wildman–Crippen LogP) is 3.44. The first-order valence-electron chi connectivity index (χ1n) is 8.69. The van der Waals surface area contributed by atoms with Crippen LogP contribution in [0, 0.1) is 0 Å². The number of methoxy groups -OCH3 is 1. The largest absolute Gasteiger partial charge is 0.497 e. The fraction of sp³-hybridized carbons (Fsp3) is 0.250. The number of aromatic nitrogens is 3. The first-order valence-corrected chi connectivity index (χ1v) is 8.69. The number of rotatable bonds is 5. The minimum absolute atomic E-state index is 0.0286. The first kappa shape index (κ1) is 16.3. The van der Waals surface area contributed by atoms with Crippen LogP contribution in [-0.2, 0) is 0 Å². The van der Waals surface area contributed by atoms with E-state index in [2.05, 4.69) is 22.1 Å². The van der Waals surface area contributed by atoms with Gasteiger partial charge >= 0.3 is 0 Å². The molecule has 1 N–H and O–H groups in total. The molecule has 1 amide bonds. The average Bonchev–Trinajstić information content (AvgIpc) is 3.23. The Morgan fingerprint density at radius 1 is 1.23 bits per heavy atom. The van der Waals surface area contributed by atoms with Crippen molar-refractivity contribution in [2.24, 2.45) is 0 Å². The number of amides is 1. The summed E-state index contributed by atoms with van der Waals surface area (Å²) in [6, 6.07) is 13.3. The number of carbonyl (C=O) groups is 1. The Morgan fingerprint density at radius 2 is 2.12 bits per heavy atom. The van der Waals surface area contributed by atoms with Gasteiger partial charge in [-0.15, -0.1) is 0 Å². The van der Waals surface area contributed by atoms with Crippen LogP contribution >= 0.6 is 0 Å². The Bertz CT molecular complexity index is 936. The van der Waals surface area contributed by atoms with Crippen LogP contribution in [0.5, 0.6) is 5.75 Å². The molecule has 2 aromatic heterocycles. The summed E-state index contributed by atoms with van der Waals surface area (Å²) >= 11 is 0. The fourth-order valence-electron chi connectivity index (χ4n) is 3.50. The van der Waals surface area contributed by atoms with Crippen LogP contribution in [0.1, 0.15) is 41.1 Å². The number of fused-ring (bicyclic) bond motifs is 1. The maximum Gasteiger partial charge on any atom is 0.273 e. The van der Waals surface area contributed by atoms with Crippen LogP contribution in [0.15, 0.2) is 48.7 Å². The zero-order valence-electron chi connectivity index (χ0n) is 14.8. The number of ether oxygens (including phenoxy) is 1. The number of pyridine rings is 1. The molecular formula is C20H20N4O2. The molecule has 1 aliphatic rings. The van der Waals surface area contributed by atoms with Gasteiger partial charge in [-0.05, 0) is 30.7 Å². The molecule has 132 valence electrons. The van der Waals surface area contributed by atoms with E-state index in [9.17, 15) is 4.79 Å². The molecular weight excluding hydrogens is 328 g/mol. The maximum atomic E-state index is 12.9. The maximum absolute atomic E-state index is 12.9. The lowest BCUT2D eigenvalue weighted by Crippen LogP contribution is -2.30. The summed E-state index contributed by atoms with van der Waals surface area (Å²) in [4.78, 5) is 19.3. The van der Waals surface area contributed by atoms with Gasteiger partial charge in [-0.2, -0.15) is 5.10 Å². The fourth-order valence-corrected chi connectivity index (χ4v) is 3.50. The highest BCUT2D eigenvalue weighted by molar-refractivity contribution is 6.00. The normalized spacial score (nSPS) is 16.0. The van der Waals surface area contributed by atoms with Crippen LogP contribution in [0.3, 0.4) is 0 Å². The van der Waals surface area contributed by atoms with Crippen LogP contribution in [0.25, 0.3) is 11.3 Å². The molecule has 1 atom stereocenters. The Kier molecular flexibility index (Phi) is 4.16. The quantitative estimate of drug-likeness (QED) is 0.767. The van der Waals surface area contributed by atoms with Gasteiger partial charge in [0, 0.05) is 23.9 Å². The minimum Gasteiger partial charge on any atom is -0.497 e. The molecule has 6 heteroatoms. The van der Waals surface area contributed by atoms with Crippen molar-refractivity contribution in [2.45, 2.75) is 19.4 Å². The van der Waals surface area contributed by atoms with E-state index in [-0.39, 0.29) is 11.9 Å². The zero-order chi connectivity index (χ0) is 18.1. The third-order valence-electron chi connectivity index (χ3n) is 4.64. The molecule has 1 aliphatic heterocycles. The summed E-state index contributed by atoms with van der Waals surface area (Å²) < 4.78 is 5.34. The zero-order valence-corrected chi connectivity index (χ0v) is 14.8. The molecule has 0 unspecified atom stereocenters. The lowest BCUT2D eigenvalue weighted by Gasteiger charge is -2.25. The number of nitrogens with zero attached hydrogens (tertiary/aromatic N) is 3. The Balaban J connectivity index is 1.88. The third-order valence-corrected chi connectivity index (χ3v) is 4.64. The summed E-state index contributed by atoms with van der Waals surface area (Å²) in [7, 11) is 1.64. The minimum atomic E-state index is -0.237.